The predicted octanol–water partition coefficient (Wildman–Crippen LogP) is 4.34. The second-order valence-electron chi connectivity index (χ2n) is 5.95. The quantitative estimate of drug-likeness (QED) is 0.734. The van der Waals surface area contributed by atoms with Crippen molar-refractivity contribution >= 4 is 5.82 Å². The van der Waals surface area contributed by atoms with Gasteiger partial charge in [-0.1, -0.05) is 60.7 Å². The summed E-state index contributed by atoms with van der Waals surface area (Å²) in [5.74, 6) is 0.876. The van der Waals surface area contributed by atoms with E-state index in [4.69, 9.17) is 0 Å². The molecule has 1 aromatic heterocycles. The van der Waals surface area contributed by atoms with Crippen LogP contribution in [0.2, 0.25) is 0 Å². The molecule has 0 amide bonds. The first-order valence-electron chi connectivity index (χ1n) is 8.19. The summed E-state index contributed by atoms with van der Waals surface area (Å²) in [5.41, 5.74) is 3.35. The van der Waals surface area contributed by atoms with E-state index in [-0.39, 0.29) is 0 Å². The van der Waals surface area contributed by atoms with Crippen molar-refractivity contribution in [3.05, 3.63) is 95.7 Å². The van der Waals surface area contributed by atoms with Crippen LogP contribution in [-0.4, -0.2) is 10.1 Å². The van der Waals surface area contributed by atoms with Crippen molar-refractivity contribution in [2.45, 2.75) is 26.1 Å². The Kier molecular flexibility index (Phi) is 5.24. The molecule has 122 valence electrons. The number of hydrogen-bond acceptors (Lipinski definition) is 3. The molecule has 0 saturated carbocycles. The average Bonchev–Trinajstić information content (AvgIpc) is 2.63. The highest BCUT2D eigenvalue weighted by atomic mass is 16.3. The summed E-state index contributed by atoms with van der Waals surface area (Å²) in [5, 5.41) is 9.86. The Labute approximate surface area is 143 Å². The summed E-state index contributed by atoms with van der Waals surface area (Å²) >= 11 is 0. The smallest absolute Gasteiger partial charge is 0.129 e. The maximum absolute atomic E-state index is 9.86. The van der Waals surface area contributed by atoms with Gasteiger partial charge in [-0.15, -0.1) is 0 Å². The summed E-state index contributed by atoms with van der Waals surface area (Å²) in [6.45, 7) is 3.32. The second-order valence-corrected chi connectivity index (χ2v) is 5.95. The zero-order chi connectivity index (χ0) is 16.8. The molecule has 3 aromatic rings. The van der Waals surface area contributed by atoms with Gasteiger partial charge in [-0.2, -0.15) is 0 Å². The third kappa shape index (κ3) is 4.21. The van der Waals surface area contributed by atoms with Gasteiger partial charge in [0.1, 0.15) is 5.82 Å². The summed E-state index contributed by atoms with van der Waals surface area (Å²) in [4.78, 5) is 6.76. The van der Waals surface area contributed by atoms with E-state index in [0.29, 0.717) is 0 Å². The first-order valence-corrected chi connectivity index (χ1v) is 8.19. The van der Waals surface area contributed by atoms with Crippen molar-refractivity contribution in [3.8, 4) is 0 Å². The number of aliphatic hydroxyl groups is 1. The van der Waals surface area contributed by atoms with Crippen LogP contribution in [0.15, 0.2) is 79.0 Å². The minimum Gasteiger partial charge on any atom is -0.389 e. The van der Waals surface area contributed by atoms with E-state index in [0.717, 1.165) is 24.5 Å². The van der Waals surface area contributed by atoms with Crippen LogP contribution in [0.5, 0.6) is 0 Å². The molecular weight excluding hydrogens is 296 g/mol. The molecule has 3 rings (SSSR count). The molecule has 24 heavy (non-hydrogen) atoms. The van der Waals surface area contributed by atoms with E-state index in [1.165, 1.54) is 11.1 Å². The normalized spacial score (nSPS) is 11.9. The van der Waals surface area contributed by atoms with Crippen molar-refractivity contribution in [1.29, 1.82) is 0 Å². The minimum atomic E-state index is -0.498. The van der Waals surface area contributed by atoms with Gasteiger partial charge >= 0.3 is 0 Å². The Balaban J connectivity index is 1.90. The van der Waals surface area contributed by atoms with Gasteiger partial charge in [0.25, 0.3) is 0 Å². The SMILES string of the molecule is C[C@H](O)c1ccnc(N(Cc2ccccc2)Cc2ccccc2)c1. The van der Waals surface area contributed by atoms with Crippen LogP contribution in [0.4, 0.5) is 5.82 Å². The lowest BCUT2D eigenvalue weighted by Crippen LogP contribution is -2.23. The fourth-order valence-corrected chi connectivity index (χ4v) is 2.69. The third-order valence-electron chi connectivity index (χ3n) is 4.01. The molecule has 0 saturated heterocycles. The summed E-state index contributed by atoms with van der Waals surface area (Å²) in [6.07, 6.45) is 1.27. The van der Waals surface area contributed by atoms with Crippen LogP contribution in [0.1, 0.15) is 29.7 Å². The van der Waals surface area contributed by atoms with Crippen molar-refractivity contribution in [2.24, 2.45) is 0 Å². The van der Waals surface area contributed by atoms with E-state index >= 15 is 0 Å². The number of benzene rings is 2. The topological polar surface area (TPSA) is 36.4 Å². The number of nitrogens with zero attached hydrogens (tertiary/aromatic N) is 2. The Morgan fingerprint density at radius 1 is 0.875 bits per heavy atom. The van der Waals surface area contributed by atoms with Gasteiger partial charge in [-0.25, -0.2) is 4.98 Å². The van der Waals surface area contributed by atoms with Crippen LogP contribution in [0.3, 0.4) is 0 Å². The molecule has 0 unspecified atom stereocenters. The summed E-state index contributed by atoms with van der Waals surface area (Å²) in [6, 6.07) is 24.6. The monoisotopic (exact) mass is 318 g/mol. The molecule has 0 aliphatic heterocycles. The fourth-order valence-electron chi connectivity index (χ4n) is 2.69. The molecule has 2 aromatic carbocycles. The van der Waals surface area contributed by atoms with Crippen LogP contribution in [0.25, 0.3) is 0 Å². The molecule has 3 nitrogen and oxygen atoms in total. The summed E-state index contributed by atoms with van der Waals surface area (Å²) < 4.78 is 0. The molecule has 1 heterocycles. The van der Waals surface area contributed by atoms with Crippen molar-refractivity contribution in [1.82, 2.24) is 4.98 Å². The molecule has 0 spiro atoms. The lowest BCUT2D eigenvalue weighted by Gasteiger charge is -2.25. The van der Waals surface area contributed by atoms with E-state index in [1.54, 1.807) is 13.1 Å². The van der Waals surface area contributed by atoms with Gasteiger partial charge in [-0.05, 0) is 35.7 Å². The molecule has 1 N–H and O–H groups in total. The van der Waals surface area contributed by atoms with Gasteiger partial charge in [0.05, 0.1) is 6.10 Å². The molecule has 3 heteroatoms. The molecule has 0 radical (unpaired) electrons. The van der Waals surface area contributed by atoms with Crippen LogP contribution in [-0.2, 0) is 13.1 Å². The lowest BCUT2D eigenvalue weighted by atomic mass is 10.1. The zero-order valence-electron chi connectivity index (χ0n) is 13.8. The predicted molar refractivity (Wildman–Crippen MR) is 97.6 cm³/mol. The van der Waals surface area contributed by atoms with E-state index < -0.39 is 6.10 Å². The van der Waals surface area contributed by atoms with Crippen LogP contribution >= 0.6 is 0 Å². The average molecular weight is 318 g/mol. The minimum absolute atomic E-state index is 0.498. The number of aliphatic hydroxyl groups excluding tert-OH is 1. The third-order valence-corrected chi connectivity index (χ3v) is 4.01. The van der Waals surface area contributed by atoms with E-state index in [2.05, 4.69) is 58.4 Å². The van der Waals surface area contributed by atoms with Crippen molar-refractivity contribution in [2.75, 3.05) is 4.90 Å². The Hall–Kier alpha value is -2.65. The first-order chi connectivity index (χ1) is 11.7. The van der Waals surface area contributed by atoms with E-state index in [1.807, 2.05) is 24.3 Å². The standard InChI is InChI=1S/C21H22N2O/c1-17(24)20-12-13-22-21(14-20)23(15-18-8-4-2-5-9-18)16-19-10-6-3-7-11-19/h2-14,17,24H,15-16H2,1H3/t17-/m0/s1. The highest BCUT2D eigenvalue weighted by molar-refractivity contribution is 5.43. The van der Waals surface area contributed by atoms with Gasteiger partial charge in [0.15, 0.2) is 0 Å². The number of hydrogen-bond donors (Lipinski definition) is 1. The number of aromatic nitrogens is 1. The lowest BCUT2D eigenvalue weighted by molar-refractivity contribution is 0.199. The Morgan fingerprint density at radius 2 is 1.42 bits per heavy atom. The van der Waals surface area contributed by atoms with E-state index in [9.17, 15) is 5.11 Å². The largest absolute Gasteiger partial charge is 0.389 e. The first kappa shape index (κ1) is 16.2. The molecule has 1 atom stereocenters. The maximum atomic E-state index is 9.86. The maximum Gasteiger partial charge on any atom is 0.129 e. The second kappa shape index (κ2) is 7.75. The highest BCUT2D eigenvalue weighted by Gasteiger charge is 2.12. The zero-order valence-corrected chi connectivity index (χ0v) is 13.8. The van der Waals surface area contributed by atoms with Gasteiger partial charge in [-0.3, -0.25) is 0 Å². The van der Waals surface area contributed by atoms with Gasteiger partial charge < -0.3 is 10.0 Å². The number of pyridine rings is 1. The summed E-state index contributed by atoms with van der Waals surface area (Å²) in [7, 11) is 0. The molecule has 0 fully saturated rings. The van der Waals surface area contributed by atoms with Crippen molar-refractivity contribution < 1.29 is 5.11 Å². The van der Waals surface area contributed by atoms with Gasteiger partial charge in [0, 0.05) is 19.3 Å². The Bertz CT molecular complexity index is 716. The molecule has 0 bridgehead atoms. The van der Waals surface area contributed by atoms with Crippen molar-refractivity contribution in [3.63, 3.8) is 0 Å². The Morgan fingerprint density at radius 3 is 1.92 bits per heavy atom. The highest BCUT2D eigenvalue weighted by Crippen LogP contribution is 2.22. The van der Waals surface area contributed by atoms with Crippen LogP contribution < -0.4 is 4.90 Å². The number of anilines is 1. The molecule has 0 aliphatic rings. The molecule has 0 aliphatic carbocycles. The number of rotatable bonds is 6. The van der Waals surface area contributed by atoms with Crippen LogP contribution in [0, 0.1) is 0 Å². The fraction of sp³-hybridized carbons (Fsp3) is 0.190. The molecular formula is C21H22N2O. The van der Waals surface area contributed by atoms with Gasteiger partial charge in [0.2, 0.25) is 0 Å².